The van der Waals surface area contributed by atoms with Crippen LogP contribution in [0.3, 0.4) is 0 Å². The molecule has 88 valence electrons. The molecule has 4 heteroatoms. The molecule has 4 nitrogen and oxygen atoms in total. The van der Waals surface area contributed by atoms with Gasteiger partial charge in [-0.25, -0.2) is 0 Å². The molecule has 0 aliphatic heterocycles. The smallest absolute Gasteiger partial charge is 0.322 e. The number of aliphatic carboxylic acids is 2. The normalized spacial score (nSPS) is 10.5. The van der Waals surface area contributed by atoms with Gasteiger partial charge in [-0.2, -0.15) is 0 Å². The van der Waals surface area contributed by atoms with Crippen molar-refractivity contribution < 1.29 is 19.8 Å². The largest absolute Gasteiger partial charge is 0.480 e. The third kappa shape index (κ3) is 2.64. The van der Waals surface area contributed by atoms with Crippen LogP contribution in [0, 0.1) is 17.8 Å². The van der Waals surface area contributed by atoms with E-state index in [1.165, 1.54) is 0 Å². The van der Waals surface area contributed by atoms with Crippen LogP contribution in [0.4, 0.5) is 0 Å². The van der Waals surface area contributed by atoms with E-state index in [0.29, 0.717) is 5.56 Å². The van der Waals surface area contributed by atoms with Gasteiger partial charge in [0.15, 0.2) is 5.41 Å². The van der Waals surface area contributed by atoms with Crippen molar-refractivity contribution in [2.24, 2.45) is 5.41 Å². The molecule has 2 N–H and O–H groups in total. The van der Waals surface area contributed by atoms with Gasteiger partial charge >= 0.3 is 11.9 Å². The molecule has 0 aromatic heterocycles. The van der Waals surface area contributed by atoms with Crippen LogP contribution in [0.5, 0.6) is 0 Å². The fourth-order valence-corrected chi connectivity index (χ4v) is 1.57. The van der Waals surface area contributed by atoms with Crippen molar-refractivity contribution >= 4 is 11.9 Å². The molecule has 0 atom stereocenters. The lowest BCUT2D eigenvalue weighted by atomic mass is 9.79. The summed E-state index contributed by atoms with van der Waals surface area (Å²) in [6.45, 7) is 0. The third-order valence-corrected chi connectivity index (χ3v) is 2.57. The summed E-state index contributed by atoms with van der Waals surface area (Å²) in [5, 5.41) is 18.2. The quantitative estimate of drug-likeness (QED) is 0.594. The average molecular weight is 232 g/mol. The fraction of sp³-hybridized carbons (Fsp3) is 0.231. The second-order valence-corrected chi connectivity index (χ2v) is 3.74. The van der Waals surface area contributed by atoms with Gasteiger partial charge in [0.25, 0.3) is 0 Å². The van der Waals surface area contributed by atoms with E-state index in [1.54, 1.807) is 30.3 Å². The van der Waals surface area contributed by atoms with Crippen molar-refractivity contribution in [3.05, 3.63) is 35.9 Å². The minimum Gasteiger partial charge on any atom is -0.480 e. The SMILES string of the molecule is C#CCC(Cc1ccccc1)(C(=O)O)C(=O)O. The highest BCUT2D eigenvalue weighted by molar-refractivity contribution is 5.98. The van der Waals surface area contributed by atoms with Gasteiger partial charge in [-0.05, 0) is 5.56 Å². The molecule has 0 aliphatic rings. The first kappa shape index (κ1) is 12.8. The molecule has 0 heterocycles. The standard InChI is InChI=1S/C13H12O4/c1-2-8-13(11(14)15,12(16)17)9-10-6-4-3-5-7-10/h1,3-7H,8-9H2,(H,14,15)(H,16,17). The maximum Gasteiger partial charge on any atom is 0.322 e. The van der Waals surface area contributed by atoms with Crippen molar-refractivity contribution in [2.75, 3.05) is 0 Å². The number of benzene rings is 1. The molecule has 0 radical (unpaired) electrons. The average Bonchev–Trinajstić information content (AvgIpc) is 2.29. The van der Waals surface area contributed by atoms with Crippen LogP contribution in [0.1, 0.15) is 12.0 Å². The van der Waals surface area contributed by atoms with Crippen molar-refractivity contribution in [3.8, 4) is 12.3 Å². The van der Waals surface area contributed by atoms with Crippen LogP contribution in [-0.4, -0.2) is 22.2 Å². The van der Waals surface area contributed by atoms with Crippen LogP contribution in [0.25, 0.3) is 0 Å². The van der Waals surface area contributed by atoms with Gasteiger partial charge in [0.1, 0.15) is 0 Å². The van der Waals surface area contributed by atoms with Crippen molar-refractivity contribution in [1.82, 2.24) is 0 Å². The summed E-state index contributed by atoms with van der Waals surface area (Å²) in [5.41, 5.74) is -1.32. The topological polar surface area (TPSA) is 74.6 Å². The maximum atomic E-state index is 11.2. The highest BCUT2D eigenvalue weighted by Gasteiger charge is 2.46. The van der Waals surface area contributed by atoms with E-state index >= 15 is 0 Å². The number of carbonyl (C=O) groups is 2. The third-order valence-electron chi connectivity index (χ3n) is 2.57. The van der Waals surface area contributed by atoms with E-state index in [0.717, 1.165) is 0 Å². The Morgan fingerprint density at radius 2 is 1.71 bits per heavy atom. The van der Waals surface area contributed by atoms with Gasteiger partial charge < -0.3 is 10.2 Å². The molecule has 0 fully saturated rings. The molecular weight excluding hydrogens is 220 g/mol. The number of hydrogen-bond donors (Lipinski definition) is 2. The molecule has 0 bridgehead atoms. The number of rotatable bonds is 5. The Morgan fingerprint density at radius 3 is 2.12 bits per heavy atom. The molecule has 1 aromatic rings. The van der Waals surface area contributed by atoms with E-state index in [4.69, 9.17) is 16.6 Å². The Hall–Kier alpha value is -2.28. The van der Waals surface area contributed by atoms with Gasteiger partial charge in [-0.3, -0.25) is 9.59 Å². The molecule has 0 aliphatic carbocycles. The van der Waals surface area contributed by atoms with Gasteiger partial charge in [0.2, 0.25) is 0 Å². The van der Waals surface area contributed by atoms with E-state index in [2.05, 4.69) is 5.92 Å². The zero-order chi connectivity index (χ0) is 12.9. The summed E-state index contributed by atoms with van der Waals surface area (Å²) < 4.78 is 0. The molecule has 0 saturated carbocycles. The molecule has 0 unspecified atom stereocenters. The maximum absolute atomic E-state index is 11.2. The summed E-state index contributed by atoms with van der Waals surface area (Å²) in [4.78, 5) is 22.4. The summed E-state index contributed by atoms with van der Waals surface area (Å²) in [7, 11) is 0. The second-order valence-electron chi connectivity index (χ2n) is 3.74. The lowest BCUT2D eigenvalue weighted by Gasteiger charge is -2.22. The second kappa shape index (κ2) is 5.17. The Morgan fingerprint density at radius 1 is 1.18 bits per heavy atom. The number of terminal acetylenes is 1. The first-order valence-corrected chi connectivity index (χ1v) is 4.97. The van der Waals surface area contributed by atoms with Crippen molar-refractivity contribution in [3.63, 3.8) is 0 Å². The van der Waals surface area contributed by atoms with E-state index in [9.17, 15) is 9.59 Å². The van der Waals surface area contributed by atoms with Gasteiger partial charge in [-0.1, -0.05) is 30.3 Å². The highest BCUT2D eigenvalue weighted by atomic mass is 16.4. The van der Waals surface area contributed by atoms with Crippen molar-refractivity contribution in [2.45, 2.75) is 12.8 Å². The Bertz CT molecular complexity index is 442. The van der Waals surface area contributed by atoms with Crippen LogP contribution in [0.2, 0.25) is 0 Å². The monoisotopic (exact) mass is 232 g/mol. The van der Waals surface area contributed by atoms with E-state index in [-0.39, 0.29) is 12.8 Å². The Kier molecular flexibility index (Phi) is 3.89. The lowest BCUT2D eigenvalue weighted by molar-refractivity contribution is -0.164. The molecule has 1 aromatic carbocycles. The fourth-order valence-electron chi connectivity index (χ4n) is 1.57. The summed E-state index contributed by atoms with van der Waals surface area (Å²) in [5.74, 6) is -0.691. The summed E-state index contributed by atoms with van der Waals surface area (Å²) in [6, 6.07) is 8.57. The van der Waals surface area contributed by atoms with E-state index in [1.807, 2.05) is 0 Å². The van der Waals surface area contributed by atoms with Gasteiger partial charge in [0, 0.05) is 12.8 Å². The van der Waals surface area contributed by atoms with Crippen LogP contribution in [0.15, 0.2) is 30.3 Å². The lowest BCUT2D eigenvalue weighted by Crippen LogP contribution is -2.41. The number of carboxylic acids is 2. The van der Waals surface area contributed by atoms with E-state index < -0.39 is 17.4 Å². The molecular formula is C13H12O4. The molecule has 17 heavy (non-hydrogen) atoms. The van der Waals surface area contributed by atoms with Gasteiger partial charge in [-0.15, -0.1) is 12.3 Å². The molecule has 0 amide bonds. The Balaban J connectivity index is 3.11. The number of hydrogen-bond acceptors (Lipinski definition) is 2. The first-order valence-electron chi connectivity index (χ1n) is 4.97. The zero-order valence-corrected chi connectivity index (χ0v) is 9.09. The number of carboxylic acid groups (broad SMARTS) is 2. The highest BCUT2D eigenvalue weighted by Crippen LogP contribution is 2.28. The zero-order valence-electron chi connectivity index (χ0n) is 9.09. The molecule has 0 spiro atoms. The first-order chi connectivity index (χ1) is 8.03. The predicted octanol–water partition coefficient (Wildman–Crippen LogP) is 1.41. The molecule has 1 rings (SSSR count). The Labute approximate surface area is 98.9 Å². The minimum atomic E-state index is -1.95. The summed E-state index contributed by atoms with van der Waals surface area (Å²) in [6.07, 6.45) is 4.60. The summed E-state index contributed by atoms with van der Waals surface area (Å²) >= 11 is 0. The minimum absolute atomic E-state index is 0.122. The van der Waals surface area contributed by atoms with Crippen LogP contribution >= 0.6 is 0 Å². The van der Waals surface area contributed by atoms with Gasteiger partial charge in [0.05, 0.1) is 0 Å². The van der Waals surface area contributed by atoms with Crippen LogP contribution < -0.4 is 0 Å². The predicted molar refractivity (Wildman–Crippen MR) is 61.3 cm³/mol. The molecule has 0 saturated heterocycles. The van der Waals surface area contributed by atoms with Crippen molar-refractivity contribution in [1.29, 1.82) is 0 Å². The van der Waals surface area contributed by atoms with Crippen LogP contribution in [-0.2, 0) is 16.0 Å².